The number of benzene rings is 2. The molecule has 0 aliphatic rings. The van der Waals surface area contributed by atoms with Crippen molar-refractivity contribution in [2.45, 2.75) is 26.3 Å². The van der Waals surface area contributed by atoms with Gasteiger partial charge in [-0.2, -0.15) is 0 Å². The lowest BCUT2D eigenvalue weighted by molar-refractivity contribution is 0.317. The third-order valence-corrected chi connectivity index (χ3v) is 3.15. The van der Waals surface area contributed by atoms with Gasteiger partial charge in [-0.25, -0.2) is 0 Å². The predicted molar refractivity (Wildman–Crippen MR) is 79.4 cm³/mol. The van der Waals surface area contributed by atoms with E-state index in [1.165, 1.54) is 11.1 Å². The Morgan fingerprint density at radius 3 is 2.53 bits per heavy atom. The van der Waals surface area contributed by atoms with Gasteiger partial charge in [0.05, 0.1) is 6.61 Å². The number of hydrogen-bond acceptors (Lipinski definition) is 2. The van der Waals surface area contributed by atoms with Crippen LogP contribution >= 0.6 is 0 Å². The summed E-state index contributed by atoms with van der Waals surface area (Å²) >= 11 is 0. The van der Waals surface area contributed by atoms with Crippen molar-refractivity contribution >= 4 is 0 Å². The number of rotatable bonds is 5. The molecule has 2 N–H and O–H groups in total. The fourth-order valence-corrected chi connectivity index (χ4v) is 2.08. The molecule has 0 aliphatic heterocycles. The van der Waals surface area contributed by atoms with Crippen molar-refractivity contribution < 1.29 is 4.74 Å². The van der Waals surface area contributed by atoms with E-state index in [0.29, 0.717) is 6.61 Å². The van der Waals surface area contributed by atoms with Crippen LogP contribution in [0.15, 0.2) is 48.5 Å². The van der Waals surface area contributed by atoms with Gasteiger partial charge in [-0.3, -0.25) is 0 Å². The molecule has 0 amide bonds. The first-order valence-corrected chi connectivity index (χ1v) is 6.69. The second-order valence-corrected chi connectivity index (χ2v) is 4.91. The van der Waals surface area contributed by atoms with Gasteiger partial charge < -0.3 is 10.5 Å². The highest BCUT2D eigenvalue weighted by atomic mass is 16.5. The molecule has 0 aromatic heterocycles. The zero-order valence-corrected chi connectivity index (χ0v) is 11.6. The molecule has 1 atom stereocenters. The zero-order chi connectivity index (χ0) is 13.7. The molecule has 2 rings (SSSR count). The molecule has 0 heterocycles. The van der Waals surface area contributed by atoms with Gasteiger partial charge >= 0.3 is 0 Å². The molecule has 2 aromatic rings. The monoisotopic (exact) mass is 255 g/mol. The van der Waals surface area contributed by atoms with Gasteiger partial charge in [0.2, 0.25) is 0 Å². The van der Waals surface area contributed by atoms with Crippen molar-refractivity contribution in [3.05, 3.63) is 65.2 Å². The van der Waals surface area contributed by atoms with Crippen LogP contribution < -0.4 is 10.5 Å². The van der Waals surface area contributed by atoms with Crippen molar-refractivity contribution in [2.75, 3.05) is 6.61 Å². The van der Waals surface area contributed by atoms with E-state index in [2.05, 4.69) is 43.3 Å². The SMILES string of the molecule is Cc1ccc(OCCc2ccccc2)c(C(C)N)c1. The summed E-state index contributed by atoms with van der Waals surface area (Å²) in [6.07, 6.45) is 0.910. The second kappa shape index (κ2) is 6.39. The first-order valence-electron chi connectivity index (χ1n) is 6.69. The molecule has 0 bridgehead atoms. The van der Waals surface area contributed by atoms with Crippen LogP contribution in [0.4, 0.5) is 0 Å². The van der Waals surface area contributed by atoms with Crippen LogP contribution in [0.3, 0.4) is 0 Å². The van der Waals surface area contributed by atoms with E-state index >= 15 is 0 Å². The summed E-state index contributed by atoms with van der Waals surface area (Å²) in [5.74, 6) is 0.900. The second-order valence-electron chi connectivity index (χ2n) is 4.91. The molecular weight excluding hydrogens is 234 g/mol. The van der Waals surface area contributed by atoms with Gasteiger partial charge in [-0.1, -0.05) is 48.0 Å². The summed E-state index contributed by atoms with van der Waals surface area (Å²) in [5, 5.41) is 0. The summed E-state index contributed by atoms with van der Waals surface area (Å²) in [6.45, 7) is 4.73. The van der Waals surface area contributed by atoms with Gasteiger partial charge in [0.1, 0.15) is 5.75 Å². The van der Waals surface area contributed by atoms with Gasteiger partial charge in [-0.05, 0) is 25.5 Å². The molecule has 2 heteroatoms. The Hall–Kier alpha value is -1.80. The minimum atomic E-state index is -0.00775. The van der Waals surface area contributed by atoms with E-state index in [1.807, 2.05) is 19.1 Å². The highest BCUT2D eigenvalue weighted by molar-refractivity contribution is 5.38. The molecule has 2 aromatic carbocycles. The van der Waals surface area contributed by atoms with Gasteiger partial charge in [-0.15, -0.1) is 0 Å². The maximum atomic E-state index is 5.99. The van der Waals surface area contributed by atoms with Crippen LogP contribution in [-0.4, -0.2) is 6.61 Å². The molecule has 2 nitrogen and oxygen atoms in total. The van der Waals surface area contributed by atoms with Gasteiger partial charge in [0.15, 0.2) is 0 Å². The number of hydrogen-bond donors (Lipinski definition) is 1. The first kappa shape index (κ1) is 13.6. The smallest absolute Gasteiger partial charge is 0.124 e. The summed E-state index contributed by atoms with van der Waals surface area (Å²) in [4.78, 5) is 0. The lowest BCUT2D eigenvalue weighted by atomic mass is 10.1. The predicted octanol–water partition coefficient (Wildman–Crippen LogP) is 3.64. The van der Waals surface area contributed by atoms with E-state index in [1.54, 1.807) is 0 Å². The lowest BCUT2D eigenvalue weighted by Gasteiger charge is -2.15. The third-order valence-electron chi connectivity index (χ3n) is 3.15. The van der Waals surface area contributed by atoms with Crippen molar-refractivity contribution in [3.63, 3.8) is 0 Å². The maximum absolute atomic E-state index is 5.99. The summed E-state index contributed by atoms with van der Waals surface area (Å²) in [7, 11) is 0. The van der Waals surface area contributed by atoms with Crippen LogP contribution in [0.25, 0.3) is 0 Å². The van der Waals surface area contributed by atoms with E-state index in [4.69, 9.17) is 10.5 Å². The molecule has 0 spiro atoms. The third kappa shape index (κ3) is 3.83. The normalized spacial score (nSPS) is 12.2. The van der Waals surface area contributed by atoms with Crippen molar-refractivity contribution in [1.82, 2.24) is 0 Å². The Morgan fingerprint density at radius 2 is 1.84 bits per heavy atom. The Balaban J connectivity index is 2.00. The van der Waals surface area contributed by atoms with Crippen molar-refractivity contribution in [2.24, 2.45) is 5.73 Å². The van der Waals surface area contributed by atoms with Crippen LogP contribution in [0.2, 0.25) is 0 Å². The number of nitrogens with two attached hydrogens (primary N) is 1. The molecule has 19 heavy (non-hydrogen) atoms. The largest absolute Gasteiger partial charge is 0.493 e. The maximum Gasteiger partial charge on any atom is 0.124 e. The Morgan fingerprint density at radius 1 is 1.11 bits per heavy atom. The molecule has 0 fully saturated rings. The van der Waals surface area contributed by atoms with E-state index in [9.17, 15) is 0 Å². The Labute approximate surface area is 115 Å². The van der Waals surface area contributed by atoms with Crippen LogP contribution in [0.1, 0.15) is 29.7 Å². The topological polar surface area (TPSA) is 35.2 Å². The highest BCUT2D eigenvalue weighted by Crippen LogP contribution is 2.25. The molecule has 0 saturated heterocycles. The van der Waals surface area contributed by atoms with E-state index in [0.717, 1.165) is 17.7 Å². The minimum absolute atomic E-state index is 0.00775. The van der Waals surface area contributed by atoms with Gasteiger partial charge in [0.25, 0.3) is 0 Å². The van der Waals surface area contributed by atoms with Crippen LogP contribution in [-0.2, 0) is 6.42 Å². The van der Waals surface area contributed by atoms with E-state index < -0.39 is 0 Å². The van der Waals surface area contributed by atoms with E-state index in [-0.39, 0.29) is 6.04 Å². The standard InChI is InChI=1S/C17H21NO/c1-13-8-9-17(16(12-13)14(2)18)19-11-10-15-6-4-3-5-7-15/h3-9,12,14H,10-11,18H2,1-2H3. The summed E-state index contributed by atoms with van der Waals surface area (Å²) in [5.41, 5.74) is 9.56. The minimum Gasteiger partial charge on any atom is -0.493 e. The molecule has 0 saturated carbocycles. The van der Waals surface area contributed by atoms with Gasteiger partial charge in [0, 0.05) is 18.0 Å². The Kier molecular flexibility index (Phi) is 4.58. The van der Waals surface area contributed by atoms with Crippen molar-refractivity contribution in [1.29, 1.82) is 0 Å². The molecular formula is C17H21NO. The van der Waals surface area contributed by atoms with Crippen LogP contribution in [0, 0.1) is 6.92 Å². The number of ether oxygens (including phenoxy) is 1. The highest BCUT2D eigenvalue weighted by Gasteiger charge is 2.08. The van der Waals surface area contributed by atoms with Crippen LogP contribution in [0.5, 0.6) is 5.75 Å². The average Bonchev–Trinajstić information content (AvgIpc) is 2.41. The Bertz CT molecular complexity index is 520. The molecule has 0 aliphatic carbocycles. The average molecular weight is 255 g/mol. The molecule has 0 radical (unpaired) electrons. The fraction of sp³-hybridized carbons (Fsp3) is 0.294. The first-order chi connectivity index (χ1) is 9.16. The quantitative estimate of drug-likeness (QED) is 0.885. The number of aryl methyl sites for hydroxylation is 1. The zero-order valence-electron chi connectivity index (χ0n) is 11.6. The fourth-order valence-electron chi connectivity index (χ4n) is 2.08. The summed E-state index contributed by atoms with van der Waals surface area (Å²) in [6, 6.07) is 16.5. The van der Waals surface area contributed by atoms with Crippen molar-refractivity contribution in [3.8, 4) is 5.75 Å². The molecule has 1 unspecified atom stereocenters. The summed E-state index contributed by atoms with van der Waals surface area (Å²) < 4.78 is 5.88. The molecule has 100 valence electrons. The lowest BCUT2D eigenvalue weighted by Crippen LogP contribution is -2.10.